The Kier molecular flexibility index (Phi) is 7.46. The summed E-state index contributed by atoms with van der Waals surface area (Å²) in [5.41, 5.74) is 0.0639. The molecule has 206 valence electrons. The molecule has 0 fully saturated rings. The maximum absolute atomic E-state index is 13.8. The van der Waals surface area contributed by atoms with E-state index >= 15 is 0 Å². The van der Waals surface area contributed by atoms with Crippen molar-refractivity contribution in [3.63, 3.8) is 0 Å². The zero-order valence-electron chi connectivity index (χ0n) is 18.4. The van der Waals surface area contributed by atoms with Gasteiger partial charge in [0, 0.05) is 12.0 Å². The fourth-order valence-corrected chi connectivity index (χ4v) is 4.06. The van der Waals surface area contributed by atoms with E-state index in [0.29, 0.717) is 21.5 Å². The molecule has 0 saturated heterocycles. The van der Waals surface area contributed by atoms with Crippen LogP contribution in [0.5, 0.6) is 0 Å². The van der Waals surface area contributed by atoms with Crippen LogP contribution in [0.15, 0.2) is 54.6 Å². The third kappa shape index (κ3) is 5.41. The minimum Gasteiger partial charge on any atom is -0.341 e. The van der Waals surface area contributed by atoms with Crippen molar-refractivity contribution in [3.8, 4) is 0 Å². The molecule has 0 saturated carbocycles. The van der Waals surface area contributed by atoms with E-state index in [4.69, 9.17) is 0 Å². The summed E-state index contributed by atoms with van der Waals surface area (Å²) in [4.78, 5) is 24.8. The Hall–Kier alpha value is -3.40. The first-order valence-electron chi connectivity index (χ1n) is 10.1. The Morgan fingerprint density at radius 3 is 1.66 bits per heavy atom. The first-order valence-corrected chi connectivity index (χ1v) is 11.5. The predicted molar refractivity (Wildman–Crippen MR) is 112 cm³/mol. The topological polar surface area (TPSA) is 86.7 Å². The summed E-state index contributed by atoms with van der Waals surface area (Å²) in [5.74, 6) is -3.00. The Labute approximate surface area is 207 Å². The summed E-state index contributed by atoms with van der Waals surface area (Å²) >= 11 is 0. The Morgan fingerprint density at radius 1 is 0.711 bits per heavy atom. The van der Waals surface area contributed by atoms with Crippen LogP contribution in [-0.2, 0) is 23.8 Å². The number of benzene rings is 3. The number of rotatable bonds is 9. The number of hydrogen-bond donors (Lipinski definition) is 0. The van der Waals surface area contributed by atoms with E-state index in [2.05, 4.69) is 4.18 Å². The highest BCUT2D eigenvalue weighted by atomic mass is 32.2. The van der Waals surface area contributed by atoms with Gasteiger partial charge in [0.2, 0.25) is 0 Å². The van der Waals surface area contributed by atoms with Crippen LogP contribution in [0, 0.1) is 0 Å². The van der Waals surface area contributed by atoms with Crippen LogP contribution in [0.4, 0.5) is 39.5 Å². The quantitative estimate of drug-likeness (QED) is 0.131. The summed E-state index contributed by atoms with van der Waals surface area (Å²) < 4.78 is 144. The van der Waals surface area contributed by atoms with Crippen LogP contribution in [-0.4, -0.2) is 43.8 Å². The normalized spacial score (nSPS) is 13.6. The third-order valence-corrected chi connectivity index (χ3v) is 6.32. The van der Waals surface area contributed by atoms with Crippen molar-refractivity contribution >= 4 is 43.4 Å². The Bertz CT molecular complexity index is 1450. The fourth-order valence-electron chi connectivity index (χ4n) is 3.29. The number of ketones is 1. The number of fused-ring (bicyclic) bond motifs is 2. The molecule has 6 nitrogen and oxygen atoms in total. The van der Waals surface area contributed by atoms with Crippen molar-refractivity contribution in [2.75, 3.05) is 0 Å². The summed E-state index contributed by atoms with van der Waals surface area (Å²) in [6, 6.07) is 14.7. The molecule has 38 heavy (non-hydrogen) atoms. The maximum Gasteiger partial charge on any atom is 0.483 e. The smallest absolute Gasteiger partial charge is 0.341 e. The molecule has 0 spiro atoms. The van der Waals surface area contributed by atoms with E-state index < -0.39 is 58.4 Å². The van der Waals surface area contributed by atoms with Crippen molar-refractivity contribution in [1.82, 2.24) is 0 Å². The van der Waals surface area contributed by atoms with Gasteiger partial charge in [-0.25, -0.2) is 4.74 Å². The lowest BCUT2D eigenvalue weighted by molar-refractivity contribution is -0.476. The second kappa shape index (κ2) is 9.72. The zero-order valence-corrected chi connectivity index (χ0v) is 19.2. The van der Waals surface area contributed by atoms with Crippen molar-refractivity contribution in [2.45, 2.75) is 36.5 Å². The SMILES string of the molecule is O=C(CCC(=O)c1c2ccccc2cc2ccccc12)OS(=O)(=O)C(F)(F)C(F)(F)OC(F)(F)C(F)(F)F. The number of halogens is 9. The molecule has 0 aliphatic carbocycles. The Morgan fingerprint density at radius 2 is 1.18 bits per heavy atom. The van der Waals surface area contributed by atoms with E-state index in [1.54, 1.807) is 59.3 Å². The number of alkyl halides is 9. The molecule has 0 aliphatic heterocycles. The molecular weight excluding hydrogens is 563 g/mol. The number of carbonyl (C=O) groups excluding carboxylic acids is 2. The average Bonchev–Trinajstić information content (AvgIpc) is 2.79. The van der Waals surface area contributed by atoms with Gasteiger partial charge in [0.15, 0.2) is 5.78 Å². The largest absolute Gasteiger partial charge is 0.483 e. The van der Waals surface area contributed by atoms with E-state index in [1.165, 1.54) is 0 Å². The number of ether oxygens (including phenoxy) is 1. The van der Waals surface area contributed by atoms with Gasteiger partial charge in [-0.2, -0.15) is 47.9 Å². The second-order valence-electron chi connectivity index (χ2n) is 7.68. The number of Topliss-reactive ketones (excluding diaryl/α,β-unsaturated/α-hetero) is 1. The van der Waals surface area contributed by atoms with E-state index in [-0.39, 0.29) is 5.56 Å². The van der Waals surface area contributed by atoms with E-state index in [9.17, 15) is 57.5 Å². The average molecular weight is 576 g/mol. The molecule has 0 amide bonds. The van der Waals surface area contributed by atoms with Crippen molar-refractivity contribution < 1.29 is 66.4 Å². The summed E-state index contributed by atoms with van der Waals surface area (Å²) in [6.45, 7) is 0. The van der Waals surface area contributed by atoms with Gasteiger partial charge in [-0.05, 0) is 27.6 Å². The molecule has 3 rings (SSSR count). The molecular formula is C22H13F9O6S. The molecule has 3 aromatic rings. The van der Waals surface area contributed by atoms with Gasteiger partial charge in [0.1, 0.15) is 0 Å². The summed E-state index contributed by atoms with van der Waals surface area (Å²) in [5, 5.41) is -4.87. The second-order valence-corrected chi connectivity index (χ2v) is 9.26. The number of carbonyl (C=O) groups is 2. The summed E-state index contributed by atoms with van der Waals surface area (Å²) in [6.07, 6.45) is -23.0. The molecule has 0 radical (unpaired) electrons. The van der Waals surface area contributed by atoms with Gasteiger partial charge >= 0.3 is 39.7 Å². The van der Waals surface area contributed by atoms with Crippen LogP contribution in [0.2, 0.25) is 0 Å². The van der Waals surface area contributed by atoms with Crippen LogP contribution >= 0.6 is 0 Å². The minimum atomic E-state index is -7.19. The molecule has 0 aliphatic rings. The first-order chi connectivity index (χ1) is 17.3. The maximum atomic E-state index is 13.8. The number of hydrogen-bond acceptors (Lipinski definition) is 6. The zero-order chi connectivity index (χ0) is 28.7. The highest BCUT2D eigenvalue weighted by molar-refractivity contribution is 7.88. The first kappa shape index (κ1) is 29.2. The lowest BCUT2D eigenvalue weighted by atomic mass is 9.93. The highest BCUT2D eigenvalue weighted by Gasteiger charge is 2.75. The molecule has 0 bridgehead atoms. The van der Waals surface area contributed by atoms with Crippen LogP contribution < -0.4 is 0 Å². The van der Waals surface area contributed by atoms with E-state index in [1.807, 2.05) is 0 Å². The molecule has 0 aromatic heterocycles. The lowest BCUT2D eigenvalue weighted by Gasteiger charge is -2.29. The third-order valence-electron chi connectivity index (χ3n) is 5.05. The predicted octanol–water partition coefficient (Wildman–Crippen LogP) is 6.19. The van der Waals surface area contributed by atoms with Gasteiger partial charge in [-0.3, -0.25) is 9.59 Å². The highest BCUT2D eigenvalue weighted by Crippen LogP contribution is 2.47. The molecule has 0 atom stereocenters. The van der Waals surface area contributed by atoms with Crippen molar-refractivity contribution in [2.24, 2.45) is 0 Å². The van der Waals surface area contributed by atoms with Gasteiger partial charge in [-0.15, -0.1) is 0 Å². The molecule has 3 aromatic carbocycles. The lowest BCUT2D eigenvalue weighted by Crippen LogP contribution is -2.55. The van der Waals surface area contributed by atoms with Gasteiger partial charge in [-0.1, -0.05) is 48.5 Å². The molecule has 0 N–H and O–H groups in total. The van der Waals surface area contributed by atoms with Crippen LogP contribution in [0.3, 0.4) is 0 Å². The summed E-state index contributed by atoms with van der Waals surface area (Å²) in [7, 11) is -7.19. The van der Waals surface area contributed by atoms with Gasteiger partial charge in [0.05, 0.1) is 6.42 Å². The van der Waals surface area contributed by atoms with Crippen LogP contribution in [0.1, 0.15) is 23.2 Å². The molecule has 0 unspecified atom stereocenters. The Balaban J connectivity index is 1.79. The van der Waals surface area contributed by atoms with Crippen molar-refractivity contribution in [3.05, 3.63) is 60.2 Å². The van der Waals surface area contributed by atoms with Gasteiger partial charge < -0.3 is 4.18 Å². The standard InChI is InChI=1S/C22H13F9O6S/c23-19(24,25)20(26,27)37-21(28,29)22(30,31)38(34,35)36-17(33)10-9-16(32)18-14-7-3-1-5-12(14)11-13-6-2-4-8-15(13)18/h1-8,11H,9-10H2. The van der Waals surface area contributed by atoms with Gasteiger partial charge in [0.25, 0.3) is 0 Å². The molecule has 0 heterocycles. The molecule has 16 heteroatoms. The van der Waals surface area contributed by atoms with Crippen LogP contribution in [0.25, 0.3) is 21.5 Å². The van der Waals surface area contributed by atoms with Crippen molar-refractivity contribution in [1.29, 1.82) is 0 Å². The fraction of sp³-hybridized carbons (Fsp3) is 0.273. The van der Waals surface area contributed by atoms with E-state index in [0.717, 1.165) is 0 Å². The monoisotopic (exact) mass is 576 g/mol. The minimum absolute atomic E-state index is 0.0639.